The van der Waals surface area contributed by atoms with E-state index in [0.29, 0.717) is 0 Å². The normalized spacial score (nSPS) is 12.8. The van der Waals surface area contributed by atoms with Crippen molar-refractivity contribution in [1.82, 2.24) is 0 Å². The smallest absolute Gasteiger partial charge is 0.0928 e. The molecule has 0 aliphatic carbocycles. The van der Waals surface area contributed by atoms with Gasteiger partial charge in [-0.25, -0.2) is 0 Å². The third kappa shape index (κ3) is 2.41. The fourth-order valence-electron chi connectivity index (χ4n) is 2.21. The molecule has 0 aliphatic rings. The van der Waals surface area contributed by atoms with Crippen LogP contribution in [0.5, 0.6) is 0 Å². The molecule has 96 valence electrons. The number of benzene rings is 2. The van der Waals surface area contributed by atoms with Gasteiger partial charge >= 0.3 is 0 Å². The molecule has 3 rings (SSSR count). The van der Waals surface area contributed by atoms with Gasteiger partial charge in [0.2, 0.25) is 0 Å². The van der Waals surface area contributed by atoms with Gasteiger partial charge in [0.25, 0.3) is 0 Å². The predicted octanol–water partition coefficient (Wildman–Crippen LogP) is 5.85. The molecule has 1 unspecified atom stereocenters. The van der Waals surface area contributed by atoms with Crippen LogP contribution in [0.25, 0.3) is 10.1 Å². The van der Waals surface area contributed by atoms with Crippen LogP contribution < -0.4 is 0 Å². The Balaban J connectivity index is 2.02. The first-order chi connectivity index (χ1) is 9.15. The van der Waals surface area contributed by atoms with E-state index in [4.69, 9.17) is 11.6 Å². The van der Waals surface area contributed by atoms with Crippen LogP contribution in [0.4, 0.5) is 0 Å². The monoisotopic (exact) mass is 286 g/mol. The van der Waals surface area contributed by atoms with Crippen molar-refractivity contribution >= 4 is 33.0 Å². The molecule has 0 nitrogen and oxygen atoms in total. The van der Waals surface area contributed by atoms with Gasteiger partial charge in [0.15, 0.2) is 0 Å². The minimum atomic E-state index is -0.0586. The molecule has 0 saturated carbocycles. The Labute approximate surface area is 122 Å². The highest BCUT2D eigenvalue weighted by Crippen LogP contribution is 2.37. The summed E-state index contributed by atoms with van der Waals surface area (Å²) in [6.07, 6.45) is 0. The van der Waals surface area contributed by atoms with Crippen molar-refractivity contribution in [2.24, 2.45) is 0 Å². The average Bonchev–Trinajstić information content (AvgIpc) is 2.85. The van der Waals surface area contributed by atoms with Crippen molar-refractivity contribution in [2.75, 3.05) is 0 Å². The second kappa shape index (κ2) is 4.99. The first kappa shape index (κ1) is 12.7. The Morgan fingerprint density at radius 2 is 1.74 bits per heavy atom. The summed E-state index contributed by atoms with van der Waals surface area (Å²) < 4.78 is 1.30. The van der Waals surface area contributed by atoms with E-state index in [1.165, 1.54) is 31.7 Å². The molecule has 1 aromatic heterocycles. The lowest BCUT2D eigenvalue weighted by atomic mass is 10.0. The quantitative estimate of drug-likeness (QED) is 0.519. The second-order valence-corrected chi connectivity index (χ2v) is 6.44. The summed E-state index contributed by atoms with van der Waals surface area (Å²) in [4.78, 5) is 1.21. The first-order valence-corrected chi connectivity index (χ1v) is 7.60. The molecule has 0 bridgehead atoms. The molecular formula is C17H15ClS. The molecule has 0 spiro atoms. The van der Waals surface area contributed by atoms with Crippen LogP contribution in [0.3, 0.4) is 0 Å². The van der Waals surface area contributed by atoms with Gasteiger partial charge in [-0.05, 0) is 48.1 Å². The molecule has 0 saturated heterocycles. The maximum atomic E-state index is 6.64. The first-order valence-electron chi connectivity index (χ1n) is 6.35. The molecule has 0 N–H and O–H groups in total. The summed E-state index contributed by atoms with van der Waals surface area (Å²) in [5, 5.41) is 1.22. The number of hydrogen-bond donors (Lipinski definition) is 0. The topological polar surface area (TPSA) is 0 Å². The maximum Gasteiger partial charge on any atom is 0.0928 e. The molecular weight excluding hydrogens is 272 g/mol. The molecule has 1 heterocycles. The van der Waals surface area contributed by atoms with E-state index in [1.54, 1.807) is 11.3 Å². The van der Waals surface area contributed by atoms with Crippen LogP contribution in [0.15, 0.2) is 48.5 Å². The van der Waals surface area contributed by atoms with E-state index >= 15 is 0 Å². The van der Waals surface area contributed by atoms with Gasteiger partial charge in [0.1, 0.15) is 0 Å². The summed E-state index contributed by atoms with van der Waals surface area (Å²) in [5.74, 6) is 0. The van der Waals surface area contributed by atoms with E-state index in [2.05, 4.69) is 62.4 Å². The molecule has 0 radical (unpaired) electrons. The molecule has 1 atom stereocenters. The standard InChI is InChI=1S/C17H15ClS/c1-11-7-8-14(9-12(11)2)17(18)16-10-13-5-3-4-6-15(13)19-16/h3-10,17H,1-2H3. The van der Waals surface area contributed by atoms with Crippen LogP contribution >= 0.6 is 22.9 Å². The van der Waals surface area contributed by atoms with E-state index < -0.39 is 0 Å². The Bertz CT molecular complexity index is 694. The Kier molecular flexibility index (Phi) is 3.34. The van der Waals surface area contributed by atoms with Crippen molar-refractivity contribution in [3.05, 3.63) is 70.1 Å². The third-order valence-electron chi connectivity index (χ3n) is 3.52. The van der Waals surface area contributed by atoms with Crippen molar-refractivity contribution in [2.45, 2.75) is 19.2 Å². The molecule has 3 aromatic rings. The fraction of sp³-hybridized carbons (Fsp3) is 0.176. The SMILES string of the molecule is Cc1ccc(C(Cl)c2cc3ccccc3s2)cc1C. The number of halogens is 1. The van der Waals surface area contributed by atoms with E-state index in [-0.39, 0.29) is 5.38 Å². The molecule has 2 heteroatoms. The van der Waals surface area contributed by atoms with Gasteiger partial charge in [-0.3, -0.25) is 0 Å². The molecule has 0 fully saturated rings. The highest BCUT2D eigenvalue weighted by Gasteiger charge is 2.14. The minimum absolute atomic E-state index is 0.0586. The summed E-state index contributed by atoms with van der Waals surface area (Å²) >= 11 is 8.42. The van der Waals surface area contributed by atoms with Gasteiger partial charge < -0.3 is 0 Å². The number of thiophene rings is 1. The van der Waals surface area contributed by atoms with Crippen LogP contribution in [-0.2, 0) is 0 Å². The number of aryl methyl sites for hydroxylation is 2. The largest absolute Gasteiger partial charge is 0.138 e. The highest BCUT2D eigenvalue weighted by atomic mass is 35.5. The van der Waals surface area contributed by atoms with Gasteiger partial charge in [-0.15, -0.1) is 22.9 Å². The summed E-state index contributed by atoms with van der Waals surface area (Å²) in [5.41, 5.74) is 3.78. The number of hydrogen-bond acceptors (Lipinski definition) is 1. The van der Waals surface area contributed by atoms with Crippen LogP contribution in [0.2, 0.25) is 0 Å². The van der Waals surface area contributed by atoms with E-state index in [9.17, 15) is 0 Å². The summed E-state index contributed by atoms with van der Waals surface area (Å²) in [7, 11) is 0. The van der Waals surface area contributed by atoms with Gasteiger partial charge in [0, 0.05) is 9.58 Å². The molecule has 0 aliphatic heterocycles. The summed E-state index contributed by atoms with van der Waals surface area (Å²) in [6, 6.07) is 17.1. The Morgan fingerprint density at radius 1 is 0.947 bits per heavy atom. The number of rotatable bonds is 2. The highest BCUT2D eigenvalue weighted by molar-refractivity contribution is 7.19. The molecule has 2 aromatic carbocycles. The zero-order valence-electron chi connectivity index (χ0n) is 11.0. The van der Waals surface area contributed by atoms with Gasteiger partial charge in [-0.2, -0.15) is 0 Å². The third-order valence-corrected chi connectivity index (χ3v) is 5.32. The van der Waals surface area contributed by atoms with Crippen molar-refractivity contribution in [3.63, 3.8) is 0 Å². The zero-order chi connectivity index (χ0) is 13.4. The summed E-state index contributed by atoms with van der Waals surface area (Å²) in [6.45, 7) is 4.26. The average molecular weight is 287 g/mol. The number of fused-ring (bicyclic) bond motifs is 1. The predicted molar refractivity (Wildman–Crippen MR) is 85.4 cm³/mol. The van der Waals surface area contributed by atoms with Gasteiger partial charge in [0.05, 0.1) is 5.38 Å². The minimum Gasteiger partial charge on any atom is -0.138 e. The van der Waals surface area contributed by atoms with E-state index in [0.717, 1.165) is 0 Å². The Hall–Kier alpha value is -1.31. The van der Waals surface area contributed by atoms with Crippen molar-refractivity contribution in [1.29, 1.82) is 0 Å². The fourth-order valence-corrected chi connectivity index (χ4v) is 3.62. The lowest BCUT2D eigenvalue weighted by molar-refractivity contribution is 1.16. The lowest BCUT2D eigenvalue weighted by Crippen LogP contribution is -1.92. The number of alkyl halides is 1. The molecule has 0 amide bonds. The lowest BCUT2D eigenvalue weighted by Gasteiger charge is -2.10. The van der Waals surface area contributed by atoms with Crippen LogP contribution in [-0.4, -0.2) is 0 Å². The van der Waals surface area contributed by atoms with Crippen LogP contribution in [0, 0.1) is 13.8 Å². The van der Waals surface area contributed by atoms with E-state index in [1.807, 2.05) is 0 Å². The zero-order valence-corrected chi connectivity index (χ0v) is 12.6. The van der Waals surface area contributed by atoms with Crippen LogP contribution in [0.1, 0.15) is 26.9 Å². The molecule has 19 heavy (non-hydrogen) atoms. The van der Waals surface area contributed by atoms with Gasteiger partial charge in [-0.1, -0.05) is 36.4 Å². The maximum absolute atomic E-state index is 6.64. The Morgan fingerprint density at radius 3 is 2.47 bits per heavy atom. The second-order valence-electron chi connectivity index (χ2n) is 4.89. The van der Waals surface area contributed by atoms with Crippen molar-refractivity contribution in [3.8, 4) is 0 Å². The van der Waals surface area contributed by atoms with Crippen molar-refractivity contribution < 1.29 is 0 Å².